The SMILES string of the molecule is N#Cc1ccc(C(=O)N2CC[C@@]3(CC(=O)c4ccccc4O3)C2)cc1. The van der Waals surface area contributed by atoms with Gasteiger partial charge in [-0.2, -0.15) is 5.26 Å². The molecule has 0 aromatic heterocycles. The fourth-order valence-corrected chi connectivity index (χ4v) is 3.56. The van der Waals surface area contributed by atoms with Gasteiger partial charge in [0.15, 0.2) is 5.78 Å². The molecule has 1 saturated heterocycles. The topological polar surface area (TPSA) is 70.4 Å². The number of nitriles is 1. The first-order valence-corrected chi connectivity index (χ1v) is 8.21. The van der Waals surface area contributed by atoms with Crippen LogP contribution < -0.4 is 4.74 Å². The highest BCUT2D eigenvalue weighted by atomic mass is 16.5. The zero-order valence-electron chi connectivity index (χ0n) is 13.6. The van der Waals surface area contributed by atoms with Crippen molar-refractivity contribution in [1.29, 1.82) is 5.26 Å². The van der Waals surface area contributed by atoms with Crippen molar-refractivity contribution in [3.63, 3.8) is 0 Å². The van der Waals surface area contributed by atoms with Gasteiger partial charge in [0, 0.05) is 18.5 Å². The third kappa shape index (κ3) is 2.66. The van der Waals surface area contributed by atoms with Crippen LogP contribution in [0, 0.1) is 11.3 Å². The maximum Gasteiger partial charge on any atom is 0.253 e. The number of fused-ring (bicyclic) bond motifs is 1. The van der Waals surface area contributed by atoms with Gasteiger partial charge in [0.05, 0.1) is 30.2 Å². The van der Waals surface area contributed by atoms with Crippen LogP contribution in [0.15, 0.2) is 48.5 Å². The minimum atomic E-state index is -0.631. The number of carbonyl (C=O) groups excluding carboxylic acids is 2. The molecule has 0 saturated carbocycles. The lowest BCUT2D eigenvalue weighted by molar-refractivity contribution is 0.0428. The van der Waals surface area contributed by atoms with Gasteiger partial charge < -0.3 is 9.64 Å². The highest BCUT2D eigenvalue weighted by Gasteiger charge is 2.46. The average Bonchev–Trinajstić information content (AvgIpc) is 3.04. The van der Waals surface area contributed by atoms with Crippen molar-refractivity contribution in [1.82, 2.24) is 4.90 Å². The Morgan fingerprint density at radius 1 is 1.16 bits per heavy atom. The number of amides is 1. The Labute approximate surface area is 145 Å². The van der Waals surface area contributed by atoms with Crippen LogP contribution >= 0.6 is 0 Å². The van der Waals surface area contributed by atoms with Gasteiger partial charge in [-0.1, -0.05) is 12.1 Å². The first-order chi connectivity index (χ1) is 12.1. The number of likely N-dealkylation sites (tertiary alicyclic amines) is 1. The van der Waals surface area contributed by atoms with Crippen molar-refractivity contribution in [2.45, 2.75) is 18.4 Å². The standard InChI is InChI=1S/C20H16N2O3/c21-12-14-5-7-15(8-6-14)19(24)22-10-9-20(13-22)11-17(23)16-3-1-2-4-18(16)25-20/h1-8H,9-11,13H2/t20-/m1/s1. The third-order valence-electron chi connectivity index (χ3n) is 4.86. The molecule has 5 heteroatoms. The average molecular weight is 332 g/mol. The van der Waals surface area contributed by atoms with Crippen LogP contribution in [-0.2, 0) is 0 Å². The van der Waals surface area contributed by atoms with E-state index in [1.807, 2.05) is 18.2 Å². The van der Waals surface area contributed by atoms with Crippen molar-refractivity contribution >= 4 is 11.7 Å². The molecule has 1 fully saturated rings. The lowest BCUT2D eigenvalue weighted by atomic mass is 9.89. The van der Waals surface area contributed by atoms with Gasteiger partial charge in [0.25, 0.3) is 5.91 Å². The number of nitrogens with zero attached hydrogens (tertiary/aromatic N) is 2. The van der Waals surface area contributed by atoms with Crippen molar-refractivity contribution in [3.05, 3.63) is 65.2 Å². The smallest absolute Gasteiger partial charge is 0.253 e. The predicted molar refractivity (Wildman–Crippen MR) is 90.4 cm³/mol. The second-order valence-electron chi connectivity index (χ2n) is 6.55. The quantitative estimate of drug-likeness (QED) is 0.805. The summed E-state index contributed by atoms with van der Waals surface area (Å²) >= 11 is 0. The Bertz CT molecular complexity index is 898. The van der Waals surface area contributed by atoms with Gasteiger partial charge in [-0.05, 0) is 36.4 Å². The zero-order valence-corrected chi connectivity index (χ0v) is 13.6. The first-order valence-electron chi connectivity index (χ1n) is 8.21. The van der Waals surface area contributed by atoms with Gasteiger partial charge in [-0.3, -0.25) is 9.59 Å². The number of benzene rings is 2. The third-order valence-corrected chi connectivity index (χ3v) is 4.86. The van der Waals surface area contributed by atoms with Gasteiger partial charge in [-0.25, -0.2) is 0 Å². The second kappa shape index (κ2) is 5.75. The number of Topliss-reactive ketones (excluding diaryl/α,β-unsaturated/α-hetero) is 1. The second-order valence-corrected chi connectivity index (χ2v) is 6.55. The summed E-state index contributed by atoms with van der Waals surface area (Å²) in [6.45, 7) is 0.945. The van der Waals surface area contributed by atoms with Crippen molar-refractivity contribution < 1.29 is 14.3 Å². The predicted octanol–water partition coefficient (Wildman–Crippen LogP) is 2.81. The van der Waals surface area contributed by atoms with Gasteiger partial charge >= 0.3 is 0 Å². The number of hydrogen-bond acceptors (Lipinski definition) is 4. The fourth-order valence-electron chi connectivity index (χ4n) is 3.56. The number of ether oxygens (including phenoxy) is 1. The van der Waals surface area contributed by atoms with E-state index >= 15 is 0 Å². The van der Waals surface area contributed by atoms with E-state index in [1.165, 1.54) is 0 Å². The normalized spacial score (nSPS) is 21.6. The molecule has 1 spiro atoms. The number of carbonyl (C=O) groups is 2. The number of hydrogen-bond donors (Lipinski definition) is 0. The number of ketones is 1. The molecule has 124 valence electrons. The Kier molecular flexibility index (Phi) is 3.54. The molecular weight excluding hydrogens is 316 g/mol. The molecule has 0 N–H and O–H groups in total. The molecule has 0 unspecified atom stereocenters. The van der Waals surface area contributed by atoms with E-state index in [4.69, 9.17) is 10.00 Å². The Hall–Kier alpha value is -3.13. The van der Waals surface area contributed by atoms with Gasteiger partial charge in [-0.15, -0.1) is 0 Å². The molecule has 25 heavy (non-hydrogen) atoms. The largest absolute Gasteiger partial charge is 0.484 e. The van der Waals surface area contributed by atoms with E-state index in [-0.39, 0.29) is 11.7 Å². The molecule has 0 radical (unpaired) electrons. The maximum atomic E-state index is 12.7. The summed E-state index contributed by atoms with van der Waals surface area (Å²) in [5.41, 5.74) is 1.05. The van der Waals surface area contributed by atoms with Crippen molar-refractivity contribution in [3.8, 4) is 11.8 Å². The summed E-state index contributed by atoms with van der Waals surface area (Å²) in [5, 5.41) is 8.86. The Morgan fingerprint density at radius 2 is 1.92 bits per heavy atom. The highest BCUT2D eigenvalue weighted by Crippen LogP contribution is 2.38. The molecule has 1 amide bonds. The molecule has 0 aliphatic carbocycles. The Morgan fingerprint density at radius 3 is 2.68 bits per heavy atom. The molecule has 2 aromatic rings. The molecule has 1 atom stereocenters. The molecule has 2 aliphatic heterocycles. The van der Waals surface area contributed by atoms with Gasteiger partial charge in [0.1, 0.15) is 11.4 Å². The summed E-state index contributed by atoms with van der Waals surface area (Å²) in [4.78, 5) is 26.9. The minimum absolute atomic E-state index is 0.0644. The van der Waals surface area contributed by atoms with E-state index in [0.717, 1.165) is 0 Å². The van der Waals surface area contributed by atoms with Crippen molar-refractivity contribution in [2.24, 2.45) is 0 Å². The molecule has 2 aliphatic rings. The minimum Gasteiger partial charge on any atom is -0.484 e. The Balaban J connectivity index is 1.54. The van der Waals surface area contributed by atoms with E-state index in [9.17, 15) is 9.59 Å². The lowest BCUT2D eigenvalue weighted by Gasteiger charge is -2.34. The maximum absolute atomic E-state index is 12.7. The summed E-state index contributed by atoms with van der Waals surface area (Å²) in [6, 6.07) is 15.9. The molecule has 0 bridgehead atoms. The van der Waals surface area contributed by atoms with Crippen molar-refractivity contribution in [2.75, 3.05) is 13.1 Å². The van der Waals surface area contributed by atoms with Crippen LogP contribution in [0.25, 0.3) is 0 Å². The van der Waals surface area contributed by atoms with Gasteiger partial charge in [0.2, 0.25) is 0 Å². The monoisotopic (exact) mass is 332 g/mol. The number of para-hydroxylation sites is 1. The molecule has 2 aromatic carbocycles. The molecule has 4 rings (SSSR count). The van der Waals surface area contributed by atoms with Crippen LogP contribution in [0.1, 0.15) is 39.1 Å². The van der Waals surface area contributed by atoms with E-state index in [0.29, 0.717) is 48.4 Å². The van der Waals surface area contributed by atoms with E-state index in [2.05, 4.69) is 0 Å². The fraction of sp³-hybridized carbons (Fsp3) is 0.250. The number of rotatable bonds is 1. The summed E-state index contributed by atoms with van der Waals surface area (Å²) in [7, 11) is 0. The summed E-state index contributed by atoms with van der Waals surface area (Å²) in [5.74, 6) is 0.567. The van der Waals surface area contributed by atoms with Crippen LogP contribution in [0.2, 0.25) is 0 Å². The molecule has 5 nitrogen and oxygen atoms in total. The first kappa shape index (κ1) is 15.4. The summed E-state index contributed by atoms with van der Waals surface area (Å²) < 4.78 is 6.15. The summed E-state index contributed by atoms with van der Waals surface area (Å²) in [6.07, 6.45) is 0.927. The zero-order chi connectivity index (χ0) is 17.4. The van der Waals surface area contributed by atoms with Crippen LogP contribution in [0.5, 0.6) is 5.75 Å². The van der Waals surface area contributed by atoms with E-state index in [1.54, 1.807) is 41.3 Å². The van der Waals surface area contributed by atoms with Crippen LogP contribution in [0.4, 0.5) is 0 Å². The van der Waals surface area contributed by atoms with Crippen LogP contribution in [-0.4, -0.2) is 35.3 Å². The highest BCUT2D eigenvalue weighted by molar-refractivity contribution is 6.00. The lowest BCUT2D eigenvalue weighted by Crippen LogP contribution is -2.45. The molecule has 2 heterocycles. The van der Waals surface area contributed by atoms with Crippen LogP contribution in [0.3, 0.4) is 0 Å². The van der Waals surface area contributed by atoms with E-state index < -0.39 is 5.60 Å². The molecular formula is C20H16N2O3.